The zero-order valence-corrected chi connectivity index (χ0v) is 7.67. The lowest BCUT2D eigenvalue weighted by atomic mass is 10.6. The van der Waals surface area contributed by atoms with Crippen molar-refractivity contribution < 1.29 is 0 Å². The Bertz CT molecular complexity index is 409. The lowest BCUT2D eigenvalue weighted by Crippen LogP contribution is -1.90. The molecule has 0 atom stereocenters. The van der Waals surface area contributed by atoms with Gasteiger partial charge in [-0.1, -0.05) is 0 Å². The van der Waals surface area contributed by atoms with Crippen LogP contribution in [-0.4, -0.2) is 25.8 Å². The normalized spacial score (nSPS) is 10.8. The van der Waals surface area contributed by atoms with Gasteiger partial charge in [-0.05, 0) is 13.2 Å². The van der Waals surface area contributed by atoms with Crippen LogP contribution in [0.5, 0.6) is 0 Å². The van der Waals surface area contributed by atoms with Gasteiger partial charge in [0.15, 0.2) is 5.65 Å². The summed E-state index contributed by atoms with van der Waals surface area (Å²) in [6.45, 7) is 1.92. The number of nitrogens with zero attached hydrogens (tertiary/aromatic N) is 4. The van der Waals surface area contributed by atoms with Gasteiger partial charge in [0.05, 0.1) is 0 Å². The van der Waals surface area contributed by atoms with Crippen molar-refractivity contribution in [3.63, 3.8) is 0 Å². The van der Waals surface area contributed by atoms with Crippen molar-refractivity contribution in [1.82, 2.24) is 19.6 Å². The fourth-order valence-electron chi connectivity index (χ4n) is 1.06. The lowest BCUT2D eigenvalue weighted by molar-refractivity contribution is 0.988. The van der Waals surface area contributed by atoms with Gasteiger partial charge in [-0.2, -0.15) is 0 Å². The standard InChI is InChI=1S/C7H8N4S/c1-5-9-10-6-7(12-2)8-3-4-11(5)6/h3-4H,1-2H3. The van der Waals surface area contributed by atoms with E-state index >= 15 is 0 Å². The zero-order valence-electron chi connectivity index (χ0n) is 6.85. The van der Waals surface area contributed by atoms with Crippen LogP contribution in [0.25, 0.3) is 5.65 Å². The average Bonchev–Trinajstić information content (AvgIpc) is 2.48. The molecular formula is C7H8N4S. The van der Waals surface area contributed by atoms with Gasteiger partial charge in [-0.3, -0.25) is 4.40 Å². The van der Waals surface area contributed by atoms with Crippen molar-refractivity contribution >= 4 is 17.4 Å². The molecule has 0 amide bonds. The molecule has 0 saturated carbocycles. The molecule has 0 saturated heterocycles. The molecule has 0 N–H and O–H groups in total. The number of aromatic nitrogens is 4. The topological polar surface area (TPSA) is 43.1 Å². The van der Waals surface area contributed by atoms with Crippen molar-refractivity contribution in [3.05, 3.63) is 18.2 Å². The molecule has 0 unspecified atom stereocenters. The predicted octanol–water partition coefficient (Wildman–Crippen LogP) is 1.15. The smallest absolute Gasteiger partial charge is 0.193 e. The third kappa shape index (κ3) is 0.972. The maximum atomic E-state index is 4.18. The Labute approximate surface area is 74.0 Å². The van der Waals surface area contributed by atoms with Crippen molar-refractivity contribution in [3.8, 4) is 0 Å². The van der Waals surface area contributed by atoms with Crippen LogP contribution < -0.4 is 0 Å². The highest BCUT2D eigenvalue weighted by Crippen LogP contribution is 2.16. The van der Waals surface area contributed by atoms with Gasteiger partial charge < -0.3 is 0 Å². The molecule has 2 aromatic rings. The SMILES string of the molecule is CSc1nccn2c(C)nnc12. The summed E-state index contributed by atoms with van der Waals surface area (Å²) in [6.07, 6.45) is 5.60. The second-order valence-corrected chi connectivity index (χ2v) is 3.17. The first-order valence-electron chi connectivity index (χ1n) is 3.53. The Kier molecular flexibility index (Phi) is 1.73. The minimum absolute atomic E-state index is 0.836. The molecule has 12 heavy (non-hydrogen) atoms. The summed E-state index contributed by atoms with van der Waals surface area (Å²) >= 11 is 1.58. The molecule has 62 valence electrons. The Balaban J connectivity index is 2.81. The van der Waals surface area contributed by atoms with E-state index in [9.17, 15) is 0 Å². The van der Waals surface area contributed by atoms with E-state index in [2.05, 4.69) is 15.2 Å². The quantitative estimate of drug-likeness (QED) is 0.617. The number of aryl methyl sites for hydroxylation is 1. The summed E-state index contributed by atoms with van der Waals surface area (Å²) in [5, 5.41) is 8.90. The Morgan fingerprint density at radius 3 is 3.00 bits per heavy atom. The first kappa shape index (κ1) is 7.54. The Hall–Kier alpha value is -1.10. The Morgan fingerprint density at radius 2 is 2.25 bits per heavy atom. The first-order valence-corrected chi connectivity index (χ1v) is 4.75. The number of fused-ring (bicyclic) bond motifs is 1. The summed E-state index contributed by atoms with van der Waals surface area (Å²) in [7, 11) is 0. The van der Waals surface area contributed by atoms with Crippen LogP contribution in [-0.2, 0) is 0 Å². The molecule has 0 aromatic carbocycles. The van der Waals surface area contributed by atoms with Crippen molar-refractivity contribution in [1.29, 1.82) is 0 Å². The molecule has 5 heteroatoms. The second-order valence-electron chi connectivity index (χ2n) is 2.38. The highest BCUT2D eigenvalue weighted by Gasteiger charge is 2.05. The molecule has 0 aliphatic carbocycles. The zero-order chi connectivity index (χ0) is 8.55. The van der Waals surface area contributed by atoms with Crippen molar-refractivity contribution in [2.45, 2.75) is 11.9 Å². The van der Waals surface area contributed by atoms with Crippen LogP contribution in [0.2, 0.25) is 0 Å². The Morgan fingerprint density at radius 1 is 1.42 bits per heavy atom. The first-order chi connectivity index (χ1) is 5.83. The van der Waals surface area contributed by atoms with Crippen LogP contribution in [0, 0.1) is 6.92 Å². The van der Waals surface area contributed by atoms with Gasteiger partial charge in [0.1, 0.15) is 10.9 Å². The lowest BCUT2D eigenvalue weighted by Gasteiger charge is -1.96. The van der Waals surface area contributed by atoms with Gasteiger partial charge in [0.2, 0.25) is 0 Å². The van der Waals surface area contributed by atoms with Crippen LogP contribution in [0.4, 0.5) is 0 Å². The third-order valence-corrected chi connectivity index (χ3v) is 2.33. The molecule has 0 aliphatic heterocycles. The van der Waals surface area contributed by atoms with Gasteiger partial charge >= 0.3 is 0 Å². The summed E-state index contributed by atoms with van der Waals surface area (Å²) in [4.78, 5) is 4.18. The molecule has 0 spiro atoms. The molecule has 2 aromatic heterocycles. The van der Waals surface area contributed by atoms with E-state index in [0.717, 1.165) is 16.5 Å². The molecule has 0 aliphatic rings. The van der Waals surface area contributed by atoms with E-state index in [1.54, 1.807) is 18.0 Å². The molecule has 0 bridgehead atoms. The summed E-state index contributed by atoms with van der Waals surface area (Å²) in [6, 6.07) is 0. The summed E-state index contributed by atoms with van der Waals surface area (Å²) in [5.74, 6) is 0.891. The molecule has 0 fully saturated rings. The number of hydrogen-bond acceptors (Lipinski definition) is 4. The van der Waals surface area contributed by atoms with E-state index in [0.29, 0.717) is 0 Å². The van der Waals surface area contributed by atoms with E-state index < -0.39 is 0 Å². The van der Waals surface area contributed by atoms with Gasteiger partial charge in [0.25, 0.3) is 0 Å². The van der Waals surface area contributed by atoms with Gasteiger partial charge in [0, 0.05) is 12.4 Å². The second kappa shape index (κ2) is 2.75. The minimum Gasteiger partial charge on any atom is -0.283 e. The third-order valence-electron chi connectivity index (χ3n) is 1.66. The largest absolute Gasteiger partial charge is 0.283 e. The van der Waals surface area contributed by atoms with Gasteiger partial charge in [-0.15, -0.1) is 22.0 Å². The molecule has 4 nitrogen and oxygen atoms in total. The minimum atomic E-state index is 0.836. The molecular weight excluding hydrogens is 172 g/mol. The van der Waals surface area contributed by atoms with E-state index in [4.69, 9.17) is 0 Å². The monoisotopic (exact) mass is 180 g/mol. The number of rotatable bonds is 1. The van der Waals surface area contributed by atoms with E-state index in [1.165, 1.54) is 0 Å². The fraction of sp³-hybridized carbons (Fsp3) is 0.286. The average molecular weight is 180 g/mol. The van der Waals surface area contributed by atoms with Crippen molar-refractivity contribution in [2.75, 3.05) is 6.26 Å². The van der Waals surface area contributed by atoms with E-state index in [-0.39, 0.29) is 0 Å². The summed E-state index contributed by atoms with van der Waals surface area (Å²) in [5.41, 5.74) is 0.836. The molecule has 2 heterocycles. The highest BCUT2D eigenvalue weighted by atomic mass is 32.2. The number of hydrogen-bond donors (Lipinski definition) is 0. The van der Waals surface area contributed by atoms with Gasteiger partial charge in [-0.25, -0.2) is 4.98 Å². The number of thioether (sulfide) groups is 1. The van der Waals surface area contributed by atoms with E-state index in [1.807, 2.05) is 23.8 Å². The maximum absolute atomic E-state index is 4.18. The highest BCUT2D eigenvalue weighted by molar-refractivity contribution is 7.98. The van der Waals surface area contributed by atoms with Crippen LogP contribution in [0.1, 0.15) is 5.82 Å². The fourth-order valence-corrected chi connectivity index (χ4v) is 1.55. The summed E-state index contributed by atoms with van der Waals surface area (Å²) < 4.78 is 1.93. The maximum Gasteiger partial charge on any atom is 0.193 e. The molecule has 0 radical (unpaired) electrons. The predicted molar refractivity (Wildman–Crippen MR) is 47.3 cm³/mol. The van der Waals surface area contributed by atoms with Crippen LogP contribution in [0.3, 0.4) is 0 Å². The van der Waals surface area contributed by atoms with Crippen LogP contribution in [0.15, 0.2) is 17.4 Å². The van der Waals surface area contributed by atoms with Crippen LogP contribution >= 0.6 is 11.8 Å². The molecule has 2 rings (SSSR count). The van der Waals surface area contributed by atoms with Crippen molar-refractivity contribution in [2.24, 2.45) is 0 Å².